The molecule has 0 saturated carbocycles. The maximum atomic E-state index is 5.74. The third kappa shape index (κ3) is 2.06. The number of rotatable bonds is 2. The highest BCUT2D eigenvalue weighted by molar-refractivity contribution is 5.27. The number of nitrogens with two attached hydrogens (primary N) is 2. The summed E-state index contributed by atoms with van der Waals surface area (Å²) >= 11 is 0. The number of benzene rings is 1. The van der Waals surface area contributed by atoms with Gasteiger partial charge in [-0.05, 0) is 25.0 Å². The summed E-state index contributed by atoms with van der Waals surface area (Å²) in [6.07, 6.45) is 0. The fourth-order valence-corrected chi connectivity index (χ4v) is 1.13. The first-order chi connectivity index (χ1) is 5.61. The van der Waals surface area contributed by atoms with Gasteiger partial charge in [-0.3, -0.25) is 0 Å². The highest BCUT2D eigenvalue weighted by Gasteiger charge is 2.02. The van der Waals surface area contributed by atoms with Crippen molar-refractivity contribution in [1.82, 2.24) is 0 Å². The quantitative estimate of drug-likeness (QED) is 0.699. The van der Waals surface area contributed by atoms with E-state index < -0.39 is 0 Å². The Morgan fingerprint density at radius 3 is 1.75 bits per heavy atom. The van der Waals surface area contributed by atoms with E-state index in [1.807, 2.05) is 32.0 Å². The lowest BCUT2D eigenvalue weighted by Gasteiger charge is -2.10. The molecule has 0 aliphatic rings. The van der Waals surface area contributed by atoms with Gasteiger partial charge in [0.05, 0.1) is 0 Å². The minimum Gasteiger partial charge on any atom is -0.324 e. The molecule has 0 fully saturated rings. The minimum absolute atomic E-state index is 0.0868. The van der Waals surface area contributed by atoms with Gasteiger partial charge in [0.2, 0.25) is 0 Å². The molecular formula is C10H16N2. The Labute approximate surface area is 73.6 Å². The Hall–Kier alpha value is -0.860. The van der Waals surface area contributed by atoms with E-state index in [4.69, 9.17) is 11.5 Å². The van der Waals surface area contributed by atoms with Gasteiger partial charge >= 0.3 is 0 Å². The lowest BCUT2D eigenvalue weighted by atomic mass is 10.0. The molecule has 1 rings (SSSR count). The molecule has 0 aliphatic carbocycles. The maximum absolute atomic E-state index is 5.74. The topological polar surface area (TPSA) is 52.0 Å². The van der Waals surface area contributed by atoms with E-state index in [1.54, 1.807) is 0 Å². The molecule has 0 amide bonds. The second-order valence-electron chi connectivity index (χ2n) is 3.25. The molecule has 2 atom stereocenters. The summed E-state index contributed by atoms with van der Waals surface area (Å²) in [5.74, 6) is 0. The first-order valence-electron chi connectivity index (χ1n) is 4.22. The molecule has 0 saturated heterocycles. The smallest absolute Gasteiger partial charge is 0.0266 e. The molecule has 1 aromatic rings. The van der Waals surface area contributed by atoms with Crippen LogP contribution in [0.1, 0.15) is 37.1 Å². The first-order valence-corrected chi connectivity index (χ1v) is 4.22. The van der Waals surface area contributed by atoms with Crippen molar-refractivity contribution in [3.05, 3.63) is 35.4 Å². The van der Waals surface area contributed by atoms with Crippen molar-refractivity contribution in [1.29, 1.82) is 0 Å². The van der Waals surface area contributed by atoms with E-state index in [0.717, 1.165) is 11.1 Å². The van der Waals surface area contributed by atoms with E-state index in [1.165, 1.54) is 0 Å². The van der Waals surface area contributed by atoms with Gasteiger partial charge in [-0.25, -0.2) is 0 Å². The van der Waals surface area contributed by atoms with Crippen LogP contribution in [-0.2, 0) is 0 Å². The van der Waals surface area contributed by atoms with Crippen LogP contribution >= 0.6 is 0 Å². The highest BCUT2D eigenvalue weighted by Crippen LogP contribution is 2.15. The molecule has 0 aliphatic heterocycles. The van der Waals surface area contributed by atoms with Crippen molar-refractivity contribution in [3.8, 4) is 0 Å². The summed E-state index contributed by atoms with van der Waals surface area (Å²) in [6.45, 7) is 3.95. The van der Waals surface area contributed by atoms with Crippen LogP contribution in [0.2, 0.25) is 0 Å². The van der Waals surface area contributed by atoms with Crippen LogP contribution in [0.25, 0.3) is 0 Å². The standard InChI is InChI=1S/C10H16N2/c1-7(11)9-4-3-5-10(6-9)8(2)12/h3-8H,11-12H2,1-2H3/t7-,8-/m0/s1. The van der Waals surface area contributed by atoms with Crippen LogP contribution in [-0.4, -0.2) is 0 Å². The summed E-state index contributed by atoms with van der Waals surface area (Å²) in [5, 5.41) is 0. The van der Waals surface area contributed by atoms with E-state index in [-0.39, 0.29) is 12.1 Å². The van der Waals surface area contributed by atoms with Gasteiger partial charge in [-0.1, -0.05) is 24.3 Å². The van der Waals surface area contributed by atoms with Crippen LogP contribution in [0, 0.1) is 0 Å². The summed E-state index contributed by atoms with van der Waals surface area (Å²) in [7, 11) is 0. The average Bonchev–Trinajstić information content (AvgIpc) is 2.04. The van der Waals surface area contributed by atoms with Gasteiger partial charge in [0, 0.05) is 12.1 Å². The van der Waals surface area contributed by atoms with Crippen molar-refractivity contribution < 1.29 is 0 Å². The zero-order chi connectivity index (χ0) is 9.14. The van der Waals surface area contributed by atoms with Crippen LogP contribution in [0.4, 0.5) is 0 Å². The van der Waals surface area contributed by atoms with Crippen LogP contribution in [0.15, 0.2) is 24.3 Å². The molecule has 0 spiro atoms. The Bertz CT molecular complexity index is 231. The van der Waals surface area contributed by atoms with Crippen LogP contribution in [0.5, 0.6) is 0 Å². The number of hydrogen-bond donors (Lipinski definition) is 2. The van der Waals surface area contributed by atoms with Gasteiger partial charge in [-0.15, -0.1) is 0 Å². The predicted molar refractivity (Wildman–Crippen MR) is 51.6 cm³/mol. The van der Waals surface area contributed by atoms with Gasteiger partial charge < -0.3 is 11.5 Å². The molecule has 1 aromatic carbocycles. The second kappa shape index (κ2) is 3.70. The molecule has 0 heterocycles. The summed E-state index contributed by atoms with van der Waals surface area (Å²) in [5.41, 5.74) is 13.8. The van der Waals surface area contributed by atoms with Gasteiger partial charge in [0.15, 0.2) is 0 Å². The van der Waals surface area contributed by atoms with Crippen LogP contribution in [0.3, 0.4) is 0 Å². The number of hydrogen-bond acceptors (Lipinski definition) is 2. The first kappa shape index (κ1) is 9.23. The fourth-order valence-electron chi connectivity index (χ4n) is 1.13. The maximum Gasteiger partial charge on any atom is 0.0266 e. The lowest BCUT2D eigenvalue weighted by molar-refractivity contribution is 0.789. The van der Waals surface area contributed by atoms with Gasteiger partial charge in [0.25, 0.3) is 0 Å². The van der Waals surface area contributed by atoms with Crippen molar-refractivity contribution in [2.45, 2.75) is 25.9 Å². The molecule has 4 N–H and O–H groups in total. The zero-order valence-corrected chi connectivity index (χ0v) is 7.62. The Morgan fingerprint density at radius 2 is 1.42 bits per heavy atom. The molecule has 0 radical (unpaired) electrons. The summed E-state index contributed by atoms with van der Waals surface area (Å²) < 4.78 is 0. The Kier molecular flexibility index (Phi) is 2.84. The van der Waals surface area contributed by atoms with Crippen molar-refractivity contribution in [2.75, 3.05) is 0 Å². The fraction of sp³-hybridized carbons (Fsp3) is 0.400. The third-order valence-electron chi connectivity index (χ3n) is 1.96. The van der Waals surface area contributed by atoms with Gasteiger partial charge in [0.1, 0.15) is 0 Å². The normalized spacial score (nSPS) is 15.7. The van der Waals surface area contributed by atoms with Gasteiger partial charge in [-0.2, -0.15) is 0 Å². The molecule has 2 nitrogen and oxygen atoms in total. The molecule has 0 aromatic heterocycles. The second-order valence-corrected chi connectivity index (χ2v) is 3.25. The van der Waals surface area contributed by atoms with E-state index >= 15 is 0 Å². The molecular weight excluding hydrogens is 148 g/mol. The average molecular weight is 164 g/mol. The molecule has 12 heavy (non-hydrogen) atoms. The highest BCUT2D eigenvalue weighted by atomic mass is 14.6. The van der Waals surface area contributed by atoms with E-state index in [0.29, 0.717) is 0 Å². The van der Waals surface area contributed by atoms with Crippen molar-refractivity contribution in [2.24, 2.45) is 11.5 Å². The monoisotopic (exact) mass is 164 g/mol. The van der Waals surface area contributed by atoms with E-state index in [9.17, 15) is 0 Å². The van der Waals surface area contributed by atoms with Crippen molar-refractivity contribution >= 4 is 0 Å². The zero-order valence-electron chi connectivity index (χ0n) is 7.62. The molecule has 0 bridgehead atoms. The minimum atomic E-state index is 0.0868. The lowest BCUT2D eigenvalue weighted by Crippen LogP contribution is -2.08. The van der Waals surface area contributed by atoms with Crippen molar-refractivity contribution in [3.63, 3.8) is 0 Å². The third-order valence-corrected chi connectivity index (χ3v) is 1.96. The SMILES string of the molecule is C[C@H](N)c1cccc([C@H](C)N)c1. The largest absolute Gasteiger partial charge is 0.324 e. The van der Waals surface area contributed by atoms with Crippen LogP contribution < -0.4 is 11.5 Å². The molecule has 66 valence electrons. The molecule has 2 heteroatoms. The Balaban J connectivity index is 2.96. The Morgan fingerprint density at radius 1 is 1.00 bits per heavy atom. The predicted octanol–water partition coefficient (Wildman–Crippen LogP) is 1.73. The molecule has 0 unspecified atom stereocenters. The summed E-state index contributed by atoms with van der Waals surface area (Å²) in [6, 6.07) is 8.28. The van der Waals surface area contributed by atoms with E-state index in [2.05, 4.69) is 6.07 Å². The summed E-state index contributed by atoms with van der Waals surface area (Å²) in [4.78, 5) is 0.